The molecule has 1 atom stereocenters. The van der Waals surface area contributed by atoms with Crippen LogP contribution in [0, 0.1) is 0 Å². The van der Waals surface area contributed by atoms with Gasteiger partial charge in [-0.25, -0.2) is 0 Å². The van der Waals surface area contributed by atoms with Gasteiger partial charge in [-0.3, -0.25) is 14.7 Å². The van der Waals surface area contributed by atoms with Gasteiger partial charge in [0.25, 0.3) is 0 Å². The van der Waals surface area contributed by atoms with Crippen LogP contribution in [-0.2, 0) is 11.2 Å². The van der Waals surface area contributed by atoms with Gasteiger partial charge >= 0.3 is 0 Å². The minimum atomic E-state index is -0.0357. The van der Waals surface area contributed by atoms with E-state index in [0.29, 0.717) is 35.1 Å². The second-order valence-electron chi connectivity index (χ2n) is 6.81. The maximum atomic E-state index is 13.2. The summed E-state index contributed by atoms with van der Waals surface area (Å²) in [7, 11) is 4.71. The number of ether oxygens (including phenoxy) is 3. The average Bonchev–Trinajstić information content (AvgIpc) is 3.18. The molecule has 0 saturated heterocycles. The predicted octanol–water partition coefficient (Wildman–Crippen LogP) is 4.82. The maximum absolute atomic E-state index is 13.2. The van der Waals surface area contributed by atoms with Gasteiger partial charge in [0.15, 0.2) is 16.7 Å². The first kappa shape index (κ1) is 22.3. The van der Waals surface area contributed by atoms with Crippen LogP contribution in [0.25, 0.3) is 0 Å². The van der Waals surface area contributed by atoms with Crippen molar-refractivity contribution in [2.24, 2.45) is 4.99 Å². The first-order valence-corrected chi connectivity index (χ1v) is 10.9. The number of thioether (sulfide) groups is 1. The number of anilines is 1. The molecule has 1 amide bonds. The Hall–Kier alpha value is -2.38. The van der Waals surface area contributed by atoms with Crippen molar-refractivity contribution in [1.29, 1.82) is 0 Å². The fourth-order valence-corrected chi connectivity index (χ4v) is 4.36. The van der Waals surface area contributed by atoms with E-state index in [2.05, 4.69) is 4.99 Å². The second-order valence-corrected chi connectivity index (χ2v) is 8.23. The summed E-state index contributed by atoms with van der Waals surface area (Å²) in [4.78, 5) is 19.6. The van der Waals surface area contributed by atoms with E-state index in [-0.39, 0.29) is 11.9 Å². The largest absolute Gasteiger partial charge is 0.493 e. The molecule has 0 fully saturated rings. The molecule has 1 heterocycles. The lowest BCUT2D eigenvalue weighted by Crippen LogP contribution is -2.34. The maximum Gasteiger partial charge on any atom is 0.233 e. The van der Waals surface area contributed by atoms with E-state index in [4.69, 9.17) is 25.8 Å². The van der Waals surface area contributed by atoms with E-state index in [9.17, 15) is 4.79 Å². The molecule has 0 radical (unpaired) electrons. The number of benzene rings is 2. The van der Waals surface area contributed by atoms with Gasteiger partial charge in [-0.15, -0.1) is 0 Å². The highest BCUT2D eigenvalue weighted by Crippen LogP contribution is 2.38. The molecule has 1 aliphatic heterocycles. The van der Waals surface area contributed by atoms with Gasteiger partial charge in [0.2, 0.25) is 11.7 Å². The van der Waals surface area contributed by atoms with E-state index in [1.165, 1.54) is 0 Å². The number of amides is 1. The van der Waals surface area contributed by atoms with Gasteiger partial charge in [-0.05, 0) is 55.3 Å². The number of rotatable bonds is 7. The van der Waals surface area contributed by atoms with Crippen molar-refractivity contribution < 1.29 is 19.0 Å². The molecule has 2 aromatic rings. The summed E-state index contributed by atoms with van der Waals surface area (Å²) in [5, 5.41) is 1.35. The van der Waals surface area contributed by atoms with E-state index in [0.717, 1.165) is 22.2 Å². The van der Waals surface area contributed by atoms with Crippen molar-refractivity contribution in [1.82, 2.24) is 0 Å². The van der Waals surface area contributed by atoms with Crippen LogP contribution in [0.1, 0.15) is 18.9 Å². The van der Waals surface area contributed by atoms with Crippen molar-refractivity contribution in [3.8, 4) is 17.2 Å². The molecule has 1 unspecified atom stereocenters. The molecule has 0 spiro atoms. The van der Waals surface area contributed by atoms with Crippen molar-refractivity contribution in [3.63, 3.8) is 0 Å². The Labute approximate surface area is 186 Å². The van der Waals surface area contributed by atoms with E-state index < -0.39 is 0 Å². The Morgan fingerprint density at radius 3 is 2.27 bits per heavy atom. The molecule has 30 heavy (non-hydrogen) atoms. The van der Waals surface area contributed by atoms with Crippen LogP contribution in [0.2, 0.25) is 5.02 Å². The fourth-order valence-electron chi connectivity index (χ4n) is 3.17. The van der Waals surface area contributed by atoms with Crippen LogP contribution in [0.4, 0.5) is 5.69 Å². The number of aliphatic imine (C=N–C) groups is 1. The summed E-state index contributed by atoms with van der Waals surface area (Å²) in [6.45, 7) is 2.04. The third-order valence-corrected chi connectivity index (χ3v) is 6.11. The van der Waals surface area contributed by atoms with Crippen molar-refractivity contribution in [3.05, 3.63) is 47.0 Å². The number of amidine groups is 1. The quantitative estimate of drug-likeness (QED) is 0.607. The molecule has 8 heteroatoms. The number of methoxy groups -OCH3 is 3. The first-order valence-electron chi connectivity index (χ1n) is 9.54. The van der Waals surface area contributed by atoms with Crippen LogP contribution in [0.5, 0.6) is 17.2 Å². The zero-order chi connectivity index (χ0) is 21.7. The molecule has 1 aliphatic rings. The molecular formula is C22H25ClN2O4S. The Balaban J connectivity index is 1.83. The molecule has 0 N–H and O–H groups in total. The highest BCUT2D eigenvalue weighted by Gasteiger charge is 2.26. The minimum absolute atomic E-state index is 0.0357. The van der Waals surface area contributed by atoms with Crippen LogP contribution >= 0.6 is 23.4 Å². The Morgan fingerprint density at radius 1 is 1.13 bits per heavy atom. The van der Waals surface area contributed by atoms with Crippen molar-refractivity contribution >= 4 is 40.1 Å². The zero-order valence-electron chi connectivity index (χ0n) is 17.5. The normalized spacial score (nSPS) is 15.5. The van der Waals surface area contributed by atoms with E-state index >= 15 is 0 Å². The van der Waals surface area contributed by atoms with Crippen molar-refractivity contribution in [2.75, 3.05) is 32.0 Å². The molecular weight excluding hydrogens is 424 g/mol. The number of halogens is 1. The SMILES string of the molecule is COc1cc(CCC(=O)N(C2=NC(C)CS2)c2ccc(Cl)cc2)cc(OC)c1OC. The fraction of sp³-hybridized carbons (Fsp3) is 0.364. The lowest BCUT2D eigenvalue weighted by molar-refractivity contribution is -0.117. The topological polar surface area (TPSA) is 60.4 Å². The number of hydrogen-bond donors (Lipinski definition) is 0. The Kier molecular flexibility index (Phi) is 7.50. The smallest absolute Gasteiger partial charge is 0.233 e. The summed E-state index contributed by atoms with van der Waals surface area (Å²) in [5.41, 5.74) is 1.68. The Bertz CT molecular complexity index is 908. The molecule has 0 saturated carbocycles. The van der Waals surface area contributed by atoms with Gasteiger partial charge in [-0.1, -0.05) is 23.4 Å². The lowest BCUT2D eigenvalue weighted by Gasteiger charge is -2.22. The number of nitrogens with zero attached hydrogens (tertiary/aromatic N) is 2. The summed E-state index contributed by atoms with van der Waals surface area (Å²) in [6.07, 6.45) is 0.822. The highest BCUT2D eigenvalue weighted by atomic mass is 35.5. The van der Waals surface area contributed by atoms with Gasteiger partial charge in [-0.2, -0.15) is 0 Å². The van der Waals surface area contributed by atoms with Crippen LogP contribution in [-0.4, -0.2) is 44.2 Å². The predicted molar refractivity (Wildman–Crippen MR) is 123 cm³/mol. The van der Waals surface area contributed by atoms with Gasteiger partial charge in [0.05, 0.1) is 33.1 Å². The number of carbonyl (C=O) groups excluding carboxylic acids is 1. The molecule has 0 aromatic heterocycles. The third kappa shape index (κ3) is 5.02. The van der Waals surface area contributed by atoms with E-state index in [1.807, 2.05) is 31.2 Å². The summed E-state index contributed by atoms with van der Waals surface area (Å²) in [5.74, 6) is 2.49. The molecule has 6 nitrogen and oxygen atoms in total. The molecule has 3 rings (SSSR count). The van der Waals surface area contributed by atoms with Gasteiger partial charge in [0, 0.05) is 17.2 Å². The summed E-state index contributed by atoms with van der Waals surface area (Å²) in [6, 6.07) is 11.1. The van der Waals surface area contributed by atoms with Crippen LogP contribution in [0.3, 0.4) is 0 Å². The lowest BCUT2D eigenvalue weighted by atomic mass is 10.1. The van der Waals surface area contributed by atoms with Gasteiger partial charge < -0.3 is 14.2 Å². The van der Waals surface area contributed by atoms with E-state index in [1.54, 1.807) is 50.1 Å². The first-order chi connectivity index (χ1) is 14.5. The van der Waals surface area contributed by atoms with Gasteiger partial charge in [0.1, 0.15) is 0 Å². The summed E-state index contributed by atoms with van der Waals surface area (Å²) >= 11 is 7.62. The minimum Gasteiger partial charge on any atom is -0.493 e. The average molecular weight is 449 g/mol. The molecule has 0 bridgehead atoms. The standard InChI is InChI=1S/C22H25ClN2O4S/c1-14-13-30-22(24-14)25(17-8-6-16(23)7-9-17)20(26)10-5-15-11-18(27-2)21(29-4)19(12-15)28-3/h6-9,11-12,14H,5,10,13H2,1-4H3. The monoisotopic (exact) mass is 448 g/mol. The second kappa shape index (κ2) is 10.1. The van der Waals surface area contributed by atoms with Crippen molar-refractivity contribution in [2.45, 2.75) is 25.8 Å². The molecule has 0 aliphatic carbocycles. The van der Waals surface area contributed by atoms with Crippen LogP contribution in [0.15, 0.2) is 41.4 Å². The van der Waals surface area contributed by atoms with Crippen LogP contribution < -0.4 is 19.1 Å². The zero-order valence-corrected chi connectivity index (χ0v) is 19.0. The molecule has 2 aromatic carbocycles. The number of hydrogen-bond acceptors (Lipinski definition) is 6. The highest BCUT2D eigenvalue weighted by molar-refractivity contribution is 8.14. The third-order valence-electron chi connectivity index (χ3n) is 4.66. The summed E-state index contributed by atoms with van der Waals surface area (Å²) < 4.78 is 16.2. The number of carbonyl (C=O) groups is 1. The Morgan fingerprint density at radius 2 is 1.77 bits per heavy atom. The number of aryl methyl sites for hydroxylation is 1. The molecule has 160 valence electrons.